The van der Waals surface area contributed by atoms with Gasteiger partial charge in [-0.1, -0.05) is 48.5 Å². The fraction of sp³-hybridized carbons (Fsp3) is 0.133. The number of amides is 1. The van der Waals surface area contributed by atoms with Crippen LogP contribution in [0.2, 0.25) is 0 Å². The summed E-state index contributed by atoms with van der Waals surface area (Å²) in [5.41, 5.74) is 3.20. The van der Waals surface area contributed by atoms with E-state index in [-0.39, 0.29) is 11.7 Å². The van der Waals surface area contributed by atoms with Crippen molar-refractivity contribution in [3.63, 3.8) is 0 Å². The number of carbonyl (C=O) groups is 1. The normalized spacial score (nSPS) is 10.1. The van der Waals surface area contributed by atoms with E-state index >= 15 is 0 Å². The van der Waals surface area contributed by atoms with Gasteiger partial charge in [0.15, 0.2) is 0 Å². The van der Waals surface area contributed by atoms with Crippen LogP contribution >= 0.6 is 12.6 Å². The second kappa shape index (κ2) is 6.26. The highest BCUT2D eigenvalue weighted by Gasteiger charge is 2.05. The number of carbonyl (C=O) groups excluding carboxylic acids is 1. The summed E-state index contributed by atoms with van der Waals surface area (Å²) in [6, 6.07) is 18.0. The van der Waals surface area contributed by atoms with Crippen molar-refractivity contribution in [2.75, 3.05) is 11.1 Å². The van der Waals surface area contributed by atoms with Gasteiger partial charge in [-0.05, 0) is 23.6 Å². The standard InChI is InChI=1S/C15H15NOS/c17-15(11-18)16-14-9-5-4-8-13(14)10-12-6-2-1-3-7-12/h1-9,18H,10-11H2,(H,16,17). The van der Waals surface area contributed by atoms with Crippen molar-refractivity contribution in [1.82, 2.24) is 0 Å². The summed E-state index contributed by atoms with van der Waals surface area (Å²) in [5.74, 6) is 0.110. The number of hydrogen-bond acceptors (Lipinski definition) is 2. The SMILES string of the molecule is O=C(CS)Nc1ccccc1Cc1ccccc1. The van der Waals surface area contributed by atoms with Crippen LogP contribution in [0.25, 0.3) is 0 Å². The van der Waals surface area contributed by atoms with Gasteiger partial charge in [-0.25, -0.2) is 0 Å². The Hall–Kier alpha value is -1.74. The van der Waals surface area contributed by atoms with E-state index in [1.807, 2.05) is 42.5 Å². The minimum atomic E-state index is -0.0844. The van der Waals surface area contributed by atoms with Gasteiger partial charge < -0.3 is 5.32 Å². The maximum Gasteiger partial charge on any atom is 0.234 e. The van der Waals surface area contributed by atoms with E-state index in [1.54, 1.807) is 0 Å². The van der Waals surface area contributed by atoms with Crippen LogP contribution in [0.5, 0.6) is 0 Å². The Bertz CT molecular complexity index is 525. The van der Waals surface area contributed by atoms with E-state index in [2.05, 4.69) is 30.1 Å². The molecule has 0 aliphatic heterocycles. The summed E-state index contributed by atoms with van der Waals surface area (Å²) in [6.45, 7) is 0. The van der Waals surface area contributed by atoms with Gasteiger partial charge in [0.2, 0.25) is 5.91 Å². The van der Waals surface area contributed by atoms with Crippen molar-refractivity contribution in [2.24, 2.45) is 0 Å². The summed E-state index contributed by atoms with van der Waals surface area (Å²) in [7, 11) is 0. The smallest absolute Gasteiger partial charge is 0.234 e. The molecule has 2 aromatic rings. The molecule has 0 saturated carbocycles. The van der Waals surface area contributed by atoms with Gasteiger partial charge in [-0.3, -0.25) is 4.79 Å². The van der Waals surface area contributed by atoms with Gasteiger partial charge in [0.05, 0.1) is 5.75 Å². The fourth-order valence-corrected chi connectivity index (χ4v) is 1.88. The monoisotopic (exact) mass is 257 g/mol. The lowest BCUT2D eigenvalue weighted by molar-refractivity contribution is -0.113. The molecular formula is C15H15NOS. The highest BCUT2D eigenvalue weighted by molar-refractivity contribution is 7.81. The molecule has 1 N–H and O–H groups in total. The Kier molecular flexibility index (Phi) is 4.42. The first kappa shape index (κ1) is 12.7. The van der Waals surface area contributed by atoms with Crippen LogP contribution in [-0.4, -0.2) is 11.7 Å². The average Bonchev–Trinajstić information content (AvgIpc) is 2.42. The van der Waals surface area contributed by atoms with E-state index < -0.39 is 0 Å². The Morgan fingerprint density at radius 2 is 1.67 bits per heavy atom. The first-order valence-electron chi connectivity index (χ1n) is 5.82. The van der Waals surface area contributed by atoms with Crippen LogP contribution in [0.15, 0.2) is 54.6 Å². The lowest BCUT2D eigenvalue weighted by atomic mass is 10.0. The molecule has 0 fully saturated rings. The molecule has 2 nitrogen and oxygen atoms in total. The summed E-state index contributed by atoms with van der Waals surface area (Å²) in [5, 5.41) is 2.87. The maximum absolute atomic E-state index is 11.4. The molecule has 0 spiro atoms. The quantitative estimate of drug-likeness (QED) is 0.809. The third kappa shape index (κ3) is 3.37. The van der Waals surface area contributed by atoms with Crippen LogP contribution in [-0.2, 0) is 11.2 Å². The van der Waals surface area contributed by atoms with Crippen LogP contribution in [0, 0.1) is 0 Å². The summed E-state index contributed by atoms with van der Waals surface area (Å²) in [6.07, 6.45) is 0.809. The Morgan fingerprint density at radius 3 is 2.39 bits per heavy atom. The Balaban J connectivity index is 2.20. The van der Waals surface area contributed by atoms with Gasteiger partial charge in [0, 0.05) is 5.69 Å². The number of hydrogen-bond donors (Lipinski definition) is 2. The highest BCUT2D eigenvalue weighted by Crippen LogP contribution is 2.19. The van der Waals surface area contributed by atoms with E-state index in [1.165, 1.54) is 5.56 Å². The third-order valence-corrected chi connectivity index (χ3v) is 2.96. The maximum atomic E-state index is 11.4. The van der Waals surface area contributed by atoms with Crippen molar-refractivity contribution in [1.29, 1.82) is 0 Å². The molecule has 18 heavy (non-hydrogen) atoms. The van der Waals surface area contributed by atoms with E-state index in [0.717, 1.165) is 17.7 Å². The second-order valence-corrected chi connectivity index (χ2v) is 4.34. The van der Waals surface area contributed by atoms with Crippen LogP contribution in [0.4, 0.5) is 5.69 Å². The van der Waals surface area contributed by atoms with Crippen LogP contribution < -0.4 is 5.32 Å². The molecule has 2 aromatic carbocycles. The number of rotatable bonds is 4. The number of thiol groups is 1. The molecule has 2 rings (SSSR count). The zero-order chi connectivity index (χ0) is 12.8. The topological polar surface area (TPSA) is 29.1 Å². The molecule has 92 valence electrons. The first-order chi connectivity index (χ1) is 8.79. The number of benzene rings is 2. The average molecular weight is 257 g/mol. The zero-order valence-electron chi connectivity index (χ0n) is 9.97. The predicted octanol–water partition coefficient (Wildman–Crippen LogP) is 3.15. The molecule has 0 bridgehead atoms. The minimum absolute atomic E-state index is 0.0844. The van der Waals surface area contributed by atoms with Gasteiger partial charge in [-0.2, -0.15) is 12.6 Å². The van der Waals surface area contributed by atoms with Crippen molar-refractivity contribution in [3.05, 3.63) is 65.7 Å². The fourth-order valence-electron chi connectivity index (χ4n) is 1.80. The van der Waals surface area contributed by atoms with Crippen molar-refractivity contribution in [2.45, 2.75) is 6.42 Å². The first-order valence-corrected chi connectivity index (χ1v) is 6.45. The van der Waals surface area contributed by atoms with Crippen molar-refractivity contribution < 1.29 is 4.79 Å². The molecular weight excluding hydrogens is 242 g/mol. The lowest BCUT2D eigenvalue weighted by Crippen LogP contribution is -2.14. The van der Waals surface area contributed by atoms with Crippen molar-refractivity contribution >= 4 is 24.2 Å². The zero-order valence-corrected chi connectivity index (χ0v) is 10.9. The van der Waals surface area contributed by atoms with Gasteiger partial charge in [0.25, 0.3) is 0 Å². The molecule has 1 amide bonds. The molecule has 0 aliphatic carbocycles. The van der Waals surface area contributed by atoms with Crippen molar-refractivity contribution in [3.8, 4) is 0 Å². The number of nitrogens with one attached hydrogen (secondary N) is 1. The van der Waals surface area contributed by atoms with E-state index in [4.69, 9.17) is 0 Å². The van der Waals surface area contributed by atoms with E-state index in [9.17, 15) is 4.79 Å². The molecule has 0 heterocycles. The molecule has 0 aromatic heterocycles. The minimum Gasteiger partial charge on any atom is -0.325 e. The van der Waals surface area contributed by atoms with Gasteiger partial charge in [0.1, 0.15) is 0 Å². The number of anilines is 1. The highest BCUT2D eigenvalue weighted by atomic mass is 32.1. The molecule has 0 unspecified atom stereocenters. The third-order valence-electron chi connectivity index (χ3n) is 2.67. The Labute approximate surface area is 112 Å². The Morgan fingerprint density at radius 1 is 1.00 bits per heavy atom. The van der Waals surface area contributed by atoms with Gasteiger partial charge >= 0.3 is 0 Å². The number of para-hydroxylation sites is 1. The predicted molar refractivity (Wildman–Crippen MR) is 78.2 cm³/mol. The summed E-state index contributed by atoms with van der Waals surface area (Å²) in [4.78, 5) is 11.4. The lowest BCUT2D eigenvalue weighted by Gasteiger charge is -2.10. The molecule has 0 atom stereocenters. The van der Waals surface area contributed by atoms with Gasteiger partial charge in [-0.15, -0.1) is 0 Å². The molecule has 3 heteroatoms. The van der Waals surface area contributed by atoms with Crippen LogP contribution in [0.1, 0.15) is 11.1 Å². The largest absolute Gasteiger partial charge is 0.325 e. The molecule has 0 saturated heterocycles. The van der Waals surface area contributed by atoms with Crippen LogP contribution in [0.3, 0.4) is 0 Å². The molecule has 0 aliphatic rings. The summed E-state index contributed by atoms with van der Waals surface area (Å²) >= 11 is 3.97. The summed E-state index contributed by atoms with van der Waals surface area (Å²) < 4.78 is 0. The van der Waals surface area contributed by atoms with E-state index in [0.29, 0.717) is 0 Å². The molecule has 0 radical (unpaired) electrons. The second-order valence-electron chi connectivity index (χ2n) is 4.03.